The summed E-state index contributed by atoms with van der Waals surface area (Å²) >= 11 is 5.43. The van der Waals surface area contributed by atoms with Gasteiger partial charge in [-0.3, -0.25) is 4.79 Å². The van der Waals surface area contributed by atoms with Gasteiger partial charge in [-0.15, -0.1) is 11.3 Å². The second-order valence-electron chi connectivity index (χ2n) is 2.39. The average Bonchev–Trinajstić information content (AvgIpc) is 2.55. The van der Waals surface area contributed by atoms with Crippen molar-refractivity contribution in [2.75, 3.05) is 12.8 Å². The standard InChI is InChI=1S/C7H10N2OS2/c1-9(7(10)3-11)2-6-4-12-5-8-6/h4-5,11H,2-3H2,1H3. The first-order valence-corrected chi connectivity index (χ1v) is 5.03. The molecule has 1 amide bonds. The van der Waals surface area contributed by atoms with Crippen molar-refractivity contribution in [2.45, 2.75) is 6.54 Å². The number of hydrogen-bond acceptors (Lipinski definition) is 4. The third-order valence-corrected chi connectivity index (χ3v) is 2.35. The van der Waals surface area contributed by atoms with E-state index in [1.807, 2.05) is 5.38 Å². The zero-order chi connectivity index (χ0) is 8.97. The molecule has 66 valence electrons. The van der Waals surface area contributed by atoms with Crippen LogP contribution in [-0.4, -0.2) is 28.6 Å². The molecule has 0 unspecified atom stereocenters. The Kier molecular flexibility index (Phi) is 3.55. The van der Waals surface area contributed by atoms with Crippen LogP contribution in [-0.2, 0) is 11.3 Å². The van der Waals surface area contributed by atoms with Gasteiger partial charge in [0.05, 0.1) is 23.5 Å². The largest absolute Gasteiger partial charge is 0.339 e. The molecule has 0 saturated carbocycles. The van der Waals surface area contributed by atoms with E-state index >= 15 is 0 Å². The van der Waals surface area contributed by atoms with Crippen LogP contribution in [0.5, 0.6) is 0 Å². The highest BCUT2D eigenvalue weighted by atomic mass is 32.1. The van der Waals surface area contributed by atoms with Crippen LogP contribution in [0.1, 0.15) is 5.69 Å². The molecule has 0 bridgehead atoms. The van der Waals surface area contributed by atoms with Crippen molar-refractivity contribution in [2.24, 2.45) is 0 Å². The minimum absolute atomic E-state index is 0.0198. The van der Waals surface area contributed by atoms with Crippen molar-refractivity contribution in [1.82, 2.24) is 9.88 Å². The number of nitrogens with zero attached hydrogens (tertiary/aromatic N) is 2. The number of aromatic nitrogens is 1. The molecule has 0 saturated heterocycles. The fraction of sp³-hybridized carbons (Fsp3) is 0.429. The summed E-state index contributed by atoms with van der Waals surface area (Å²) in [7, 11) is 1.75. The van der Waals surface area contributed by atoms with Crippen molar-refractivity contribution >= 4 is 29.9 Å². The maximum absolute atomic E-state index is 11.1. The number of carbonyl (C=O) groups is 1. The zero-order valence-corrected chi connectivity index (χ0v) is 8.44. The van der Waals surface area contributed by atoms with E-state index in [0.29, 0.717) is 6.54 Å². The SMILES string of the molecule is CN(Cc1cscn1)C(=O)CS. The maximum atomic E-state index is 11.1. The van der Waals surface area contributed by atoms with Crippen LogP contribution in [0.3, 0.4) is 0 Å². The normalized spacial score (nSPS) is 9.83. The van der Waals surface area contributed by atoms with Crippen LogP contribution in [0.2, 0.25) is 0 Å². The van der Waals surface area contributed by atoms with Crippen molar-refractivity contribution in [3.63, 3.8) is 0 Å². The molecule has 0 aromatic carbocycles. The molecule has 0 aliphatic carbocycles. The lowest BCUT2D eigenvalue weighted by Gasteiger charge is -2.13. The highest BCUT2D eigenvalue weighted by molar-refractivity contribution is 7.81. The molecule has 1 aromatic rings. The Bertz CT molecular complexity index is 248. The summed E-state index contributed by atoms with van der Waals surface area (Å²) in [6.07, 6.45) is 0. The topological polar surface area (TPSA) is 33.2 Å². The summed E-state index contributed by atoms with van der Waals surface area (Å²) < 4.78 is 0. The summed E-state index contributed by atoms with van der Waals surface area (Å²) in [5, 5.41) is 1.93. The second-order valence-corrected chi connectivity index (χ2v) is 3.42. The smallest absolute Gasteiger partial charge is 0.232 e. The van der Waals surface area contributed by atoms with Gasteiger partial charge in [0.1, 0.15) is 0 Å². The van der Waals surface area contributed by atoms with Gasteiger partial charge in [0.15, 0.2) is 0 Å². The van der Waals surface area contributed by atoms with E-state index in [1.165, 1.54) is 11.3 Å². The third-order valence-electron chi connectivity index (χ3n) is 1.44. The Hall–Kier alpha value is -0.550. The Morgan fingerprint density at radius 2 is 2.58 bits per heavy atom. The van der Waals surface area contributed by atoms with Gasteiger partial charge >= 0.3 is 0 Å². The third kappa shape index (κ3) is 2.49. The van der Waals surface area contributed by atoms with Gasteiger partial charge in [-0.1, -0.05) is 0 Å². The summed E-state index contributed by atoms with van der Waals surface area (Å²) in [5.41, 5.74) is 2.69. The van der Waals surface area contributed by atoms with Crippen molar-refractivity contribution in [1.29, 1.82) is 0 Å². The second kappa shape index (κ2) is 4.47. The molecule has 12 heavy (non-hydrogen) atoms. The van der Waals surface area contributed by atoms with Crippen LogP contribution >= 0.6 is 24.0 Å². The summed E-state index contributed by atoms with van der Waals surface area (Å²) in [6, 6.07) is 0. The summed E-state index contributed by atoms with van der Waals surface area (Å²) in [4.78, 5) is 16.7. The van der Waals surface area contributed by atoms with E-state index in [-0.39, 0.29) is 11.7 Å². The molecule has 0 aliphatic rings. The number of carbonyl (C=O) groups excluding carboxylic acids is 1. The lowest BCUT2D eigenvalue weighted by atomic mass is 10.4. The number of hydrogen-bond donors (Lipinski definition) is 1. The van der Waals surface area contributed by atoms with E-state index < -0.39 is 0 Å². The van der Waals surface area contributed by atoms with Gasteiger partial charge in [0, 0.05) is 12.4 Å². The number of thiol groups is 1. The van der Waals surface area contributed by atoms with Crippen LogP contribution in [0.15, 0.2) is 10.9 Å². The lowest BCUT2D eigenvalue weighted by Crippen LogP contribution is -2.27. The van der Waals surface area contributed by atoms with Crippen LogP contribution in [0.4, 0.5) is 0 Å². The lowest BCUT2D eigenvalue weighted by molar-refractivity contribution is -0.127. The molecule has 0 fully saturated rings. The molecule has 0 aliphatic heterocycles. The minimum Gasteiger partial charge on any atom is -0.339 e. The molecule has 5 heteroatoms. The fourth-order valence-corrected chi connectivity index (χ4v) is 1.56. The Morgan fingerprint density at radius 3 is 3.08 bits per heavy atom. The predicted octanol–water partition coefficient (Wildman–Crippen LogP) is 1.03. The number of rotatable bonds is 3. The van der Waals surface area contributed by atoms with E-state index in [0.717, 1.165) is 5.69 Å². The van der Waals surface area contributed by atoms with Crippen molar-refractivity contribution < 1.29 is 4.79 Å². The highest BCUT2D eigenvalue weighted by Gasteiger charge is 2.07. The monoisotopic (exact) mass is 202 g/mol. The van der Waals surface area contributed by atoms with E-state index in [4.69, 9.17) is 0 Å². The number of amides is 1. The van der Waals surface area contributed by atoms with Gasteiger partial charge in [0.25, 0.3) is 0 Å². The summed E-state index contributed by atoms with van der Waals surface area (Å²) in [5.74, 6) is 0.270. The molecule has 1 aromatic heterocycles. The van der Waals surface area contributed by atoms with Crippen LogP contribution in [0.25, 0.3) is 0 Å². The number of thiazole rings is 1. The molecular weight excluding hydrogens is 192 g/mol. The molecular formula is C7H10N2OS2. The summed E-state index contributed by atoms with van der Waals surface area (Å²) in [6.45, 7) is 0.572. The quantitative estimate of drug-likeness (QED) is 0.743. The van der Waals surface area contributed by atoms with Gasteiger partial charge in [-0.2, -0.15) is 12.6 Å². The van der Waals surface area contributed by atoms with E-state index in [1.54, 1.807) is 17.5 Å². The molecule has 1 rings (SSSR count). The van der Waals surface area contributed by atoms with E-state index in [9.17, 15) is 4.79 Å². The molecule has 3 nitrogen and oxygen atoms in total. The van der Waals surface area contributed by atoms with Gasteiger partial charge in [-0.25, -0.2) is 4.98 Å². The van der Waals surface area contributed by atoms with Gasteiger partial charge < -0.3 is 4.90 Å². The Balaban J connectivity index is 2.47. The maximum Gasteiger partial charge on any atom is 0.232 e. The van der Waals surface area contributed by atoms with E-state index in [2.05, 4.69) is 17.6 Å². The van der Waals surface area contributed by atoms with Crippen LogP contribution in [0, 0.1) is 0 Å². The fourth-order valence-electron chi connectivity index (χ4n) is 0.768. The Morgan fingerprint density at radius 1 is 1.83 bits per heavy atom. The first kappa shape index (κ1) is 9.54. The first-order valence-electron chi connectivity index (χ1n) is 3.46. The molecule has 0 N–H and O–H groups in total. The average molecular weight is 202 g/mol. The predicted molar refractivity (Wildman–Crippen MR) is 52.4 cm³/mol. The molecule has 0 radical (unpaired) electrons. The molecule has 0 atom stereocenters. The van der Waals surface area contributed by atoms with Crippen molar-refractivity contribution in [3.8, 4) is 0 Å². The van der Waals surface area contributed by atoms with Crippen molar-refractivity contribution in [3.05, 3.63) is 16.6 Å². The van der Waals surface area contributed by atoms with Gasteiger partial charge in [0.2, 0.25) is 5.91 Å². The van der Waals surface area contributed by atoms with Gasteiger partial charge in [-0.05, 0) is 0 Å². The minimum atomic E-state index is 0.0198. The van der Waals surface area contributed by atoms with Crippen LogP contribution < -0.4 is 0 Å². The first-order chi connectivity index (χ1) is 5.74. The molecule has 1 heterocycles. The zero-order valence-electron chi connectivity index (χ0n) is 6.73. The highest BCUT2D eigenvalue weighted by Crippen LogP contribution is 2.04. The Labute approximate surface area is 80.8 Å². The molecule has 0 spiro atoms.